The van der Waals surface area contributed by atoms with Crippen molar-refractivity contribution < 1.29 is 17.6 Å². The molecule has 0 aliphatic carbocycles. The number of nitrogens with zero attached hydrogens (tertiary/aromatic N) is 1. The van der Waals surface area contributed by atoms with E-state index in [1.807, 2.05) is 0 Å². The Morgan fingerprint density at radius 2 is 2.04 bits per heavy atom. The van der Waals surface area contributed by atoms with E-state index >= 15 is 0 Å². The average Bonchev–Trinajstić information content (AvgIpc) is 2.66. The van der Waals surface area contributed by atoms with Gasteiger partial charge in [-0.1, -0.05) is 6.42 Å². The smallest absolute Gasteiger partial charge is 0.336 e. The van der Waals surface area contributed by atoms with Gasteiger partial charge in [0, 0.05) is 43.5 Å². The number of halogens is 1. The molecule has 0 bridgehead atoms. The molecule has 1 unspecified atom stereocenters. The summed E-state index contributed by atoms with van der Waals surface area (Å²) in [6, 6.07) is 6.95. The molecule has 1 atom stereocenters. The molecule has 0 saturated carbocycles. The fraction of sp³-hybridized carbons (Fsp3) is 0.444. The van der Waals surface area contributed by atoms with Crippen LogP contribution < -0.4 is 16.7 Å². The zero-order valence-electron chi connectivity index (χ0n) is 15.3. The topological polar surface area (TPSA) is 123 Å². The number of hydrogen-bond acceptors (Lipinski definition) is 6. The third-order valence-corrected chi connectivity index (χ3v) is 6.62. The number of carbonyl (C=O) groups is 1. The molecule has 2 heterocycles. The third kappa shape index (κ3) is 4.91. The first kappa shape index (κ1) is 22.4. The van der Waals surface area contributed by atoms with Crippen LogP contribution >= 0.6 is 12.4 Å². The van der Waals surface area contributed by atoms with E-state index in [-0.39, 0.29) is 48.8 Å². The summed E-state index contributed by atoms with van der Waals surface area (Å²) in [4.78, 5) is 23.1. The molecule has 0 radical (unpaired) electrons. The summed E-state index contributed by atoms with van der Waals surface area (Å²) >= 11 is 0. The van der Waals surface area contributed by atoms with Gasteiger partial charge in [0.05, 0.1) is 4.90 Å². The maximum absolute atomic E-state index is 13.2. The van der Waals surface area contributed by atoms with Gasteiger partial charge in [-0.2, -0.15) is 4.31 Å². The van der Waals surface area contributed by atoms with Crippen molar-refractivity contribution in [2.45, 2.75) is 36.6 Å². The molecule has 28 heavy (non-hydrogen) atoms. The highest BCUT2D eigenvalue weighted by Crippen LogP contribution is 2.27. The van der Waals surface area contributed by atoms with Gasteiger partial charge in [-0.15, -0.1) is 12.4 Å². The van der Waals surface area contributed by atoms with E-state index in [1.165, 1.54) is 28.6 Å². The fourth-order valence-electron chi connectivity index (χ4n) is 3.29. The number of rotatable bonds is 6. The molecule has 3 rings (SSSR count). The van der Waals surface area contributed by atoms with Crippen molar-refractivity contribution in [3.05, 3.63) is 40.8 Å². The Morgan fingerprint density at radius 3 is 2.79 bits per heavy atom. The number of piperidine rings is 1. The number of nitrogens with two attached hydrogens (primary N) is 1. The second-order valence-corrected chi connectivity index (χ2v) is 8.45. The number of fused-ring (bicyclic) bond motifs is 1. The Hall–Kier alpha value is -1.94. The van der Waals surface area contributed by atoms with Crippen LogP contribution in [0.4, 0.5) is 0 Å². The van der Waals surface area contributed by atoms with Gasteiger partial charge in [-0.05, 0) is 37.1 Å². The first-order valence-corrected chi connectivity index (χ1v) is 10.4. The Balaban J connectivity index is 0.00000280. The first-order chi connectivity index (χ1) is 12.9. The predicted molar refractivity (Wildman–Crippen MR) is 108 cm³/mol. The highest BCUT2D eigenvalue weighted by molar-refractivity contribution is 7.89. The largest absolute Gasteiger partial charge is 0.423 e. The lowest BCUT2D eigenvalue weighted by atomic mass is 10.1. The molecule has 1 fully saturated rings. The molecule has 10 heteroatoms. The fourth-order valence-corrected chi connectivity index (χ4v) is 5.02. The normalized spacial score (nSPS) is 17.8. The Morgan fingerprint density at radius 1 is 1.25 bits per heavy atom. The summed E-state index contributed by atoms with van der Waals surface area (Å²) in [7, 11) is -3.74. The minimum absolute atomic E-state index is 0. The van der Waals surface area contributed by atoms with Crippen LogP contribution in [0.15, 0.2) is 44.4 Å². The molecule has 1 saturated heterocycles. The molecule has 2 aromatic rings. The van der Waals surface area contributed by atoms with Crippen molar-refractivity contribution in [3.8, 4) is 0 Å². The van der Waals surface area contributed by atoms with E-state index in [0.29, 0.717) is 23.9 Å². The molecular formula is C18H24ClN3O5S. The lowest BCUT2D eigenvalue weighted by Gasteiger charge is -2.34. The third-order valence-electron chi connectivity index (χ3n) is 4.68. The van der Waals surface area contributed by atoms with Crippen LogP contribution in [-0.4, -0.2) is 44.3 Å². The zero-order valence-corrected chi connectivity index (χ0v) is 16.9. The standard InChI is InChI=1S/C18H23N3O5S.ClH/c19-9-8-17(22)20-12-14-3-1-2-10-21(14)27(24,25)15-5-6-16-13(11-15)4-7-18(23)26-16;/h4-7,11,14H,1-3,8-10,12,19H2,(H,20,22);1H. The Labute approximate surface area is 169 Å². The van der Waals surface area contributed by atoms with Crippen LogP contribution in [0, 0.1) is 0 Å². The highest BCUT2D eigenvalue weighted by Gasteiger charge is 2.33. The van der Waals surface area contributed by atoms with Gasteiger partial charge in [-0.3, -0.25) is 4.79 Å². The quantitative estimate of drug-likeness (QED) is 0.665. The number of hydrogen-bond donors (Lipinski definition) is 2. The summed E-state index contributed by atoms with van der Waals surface area (Å²) < 4.78 is 32.9. The molecule has 1 aromatic carbocycles. The van der Waals surface area contributed by atoms with Crippen molar-refractivity contribution in [1.29, 1.82) is 0 Å². The minimum atomic E-state index is -3.74. The molecule has 0 spiro atoms. The Bertz CT molecular complexity index is 992. The van der Waals surface area contributed by atoms with E-state index in [0.717, 1.165) is 12.8 Å². The van der Waals surface area contributed by atoms with Crippen LogP contribution in [0.25, 0.3) is 11.0 Å². The van der Waals surface area contributed by atoms with Crippen molar-refractivity contribution in [2.75, 3.05) is 19.6 Å². The molecule has 1 aromatic heterocycles. The molecule has 1 aliphatic heterocycles. The van der Waals surface area contributed by atoms with Gasteiger partial charge in [0.25, 0.3) is 0 Å². The van der Waals surface area contributed by atoms with Gasteiger partial charge < -0.3 is 15.5 Å². The molecule has 3 N–H and O–H groups in total. The van der Waals surface area contributed by atoms with Crippen molar-refractivity contribution >= 4 is 39.3 Å². The van der Waals surface area contributed by atoms with Crippen LogP contribution in [0.1, 0.15) is 25.7 Å². The second kappa shape index (κ2) is 9.51. The van der Waals surface area contributed by atoms with Crippen molar-refractivity contribution in [3.63, 3.8) is 0 Å². The lowest BCUT2D eigenvalue weighted by molar-refractivity contribution is -0.121. The van der Waals surface area contributed by atoms with Gasteiger partial charge in [-0.25, -0.2) is 13.2 Å². The molecule has 8 nitrogen and oxygen atoms in total. The van der Waals surface area contributed by atoms with Crippen LogP contribution in [0.3, 0.4) is 0 Å². The molecule has 1 amide bonds. The van der Waals surface area contributed by atoms with Crippen LogP contribution in [0.2, 0.25) is 0 Å². The number of nitrogens with one attached hydrogen (secondary N) is 1. The number of benzene rings is 1. The summed E-state index contributed by atoms with van der Waals surface area (Å²) in [5, 5.41) is 3.31. The number of amides is 1. The van der Waals surface area contributed by atoms with Crippen LogP contribution in [-0.2, 0) is 14.8 Å². The monoisotopic (exact) mass is 429 g/mol. The van der Waals surface area contributed by atoms with E-state index in [9.17, 15) is 18.0 Å². The zero-order chi connectivity index (χ0) is 19.4. The highest BCUT2D eigenvalue weighted by atomic mass is 35.5. The Kier molecular flexibility index (Phi) is 7.59. The maximum Gasteiger partial charge on any atom is 0.336 e. The van der Waals surface area contributed by atoms with Gasteiger partial charge in [0.15, 0.2) is 0 Å². The lowest BCUT2D eigenvalue weighted by Crippen LogP contribution is -2.49. The summed E-state index contributed by atoms with van der Waals surface area (Å²) in [5.74, 6) is -0.179. The second-order valence-electron chi connectivity index (χ2n) is 6.56. The van der Waals surface area contributed by atoms with Gasteiger partial charge in [0.1, 0.15) is 5.58 Å². The molecular weight excluding hydrogens is 406 g/mol. The first-order valence-electron chi connectivity index (χ1n) is 8.94. The van der Waals surface area contributed by atoms with Crippen LogP contribution in [0.5, 0.6) is 0 Å². The van der Waals surface area contributed by atoms with Crippen molar-refractivity contribution in [2.24, 2.45) is 5.73 Å². The predicted octanol–water partition coefficient (Wildman–Crippen LogP) is 1.22. The van der Waals surface area contributed by atoms with Gasteiger partial charge in [0.2, 0.25) is 15.9 Å². The average molecular weight is 430 g/mol. The van der Waals surface area contributed by atoms with E-state index in [1.54, 1.807) is 6.07 Å². The number of sulfonamides is 1. The molecule has 1 aliphatic rings. The van der Waals surface area contributed by atoms with Gasteiger partial charge >= 0.3 is 5.63 Å². The summed E-state index contributed by atoms with van der Waals surface area (Å²) in [5.41, 5.74) is 5.23. The molecule has 154 valence electrons. The number of carbonyl (C=O) groups excluding carboxylic acids is 1. The van der Waals surface area contributed by atoms with Crippen molar-refractivity contribution in [1.82, 2.24) is 9.62 Å². The SMILES string of the molecule is Cl.NCCC(=O)NCC1CCCCN1S(=O)(=O)c1ccc2oc(=O)ccc2c1. The summed E-state index contributed by atoms with van der Waals surface area (Å²) in [6.45, 7) is 0.925. The summed E-state index contributed by atoms with van der Waals surface area (Å²) in [6.07, 6.45) is 2.58. The van der Waals surface area contributed by atoms with E-state index in [2.05, 4.69) is 5.32 Å². The minimum Gasteiger partial charge on any atom is -0.423 e. The van der Waals surface area contributed by atoms with E-state index in [4.69, 9.17) is 10.2 Å². The maximum atomic E-state index is 13.2. The van der Waals surface area contributed by atoms with E-state index < -0.39 is 15.6 Å².